The van der Waals surface area contributed by atoms with Crippen molar-refractivity contribution in [2.45, 2.75) is 18.9 Å². The number of hydrogen-bond donors (Lipinski definition) is 1. The molecule has 0 aliphatic carbocycles. The fourth-order valence-corrected chi connectivity index (χ4v) is 3.74. The Bertz CT molecular complexity index is 1260. The number of nitrogens with two attached hydrogens (primary N) is 1. The van der Waals surface area contributed by atoms with Gasteiger partial charge in [-0.1, -0.05) is 6.07 Å². The van der Waals surface area contributed by atoms with Crippen molar-refractivity contribution in [2.75, 3.05) is 7.05 Å². The minimum absolute atomic E-state index is 0.0000308. The Morgan fingerprint density at radius 2 is 1.78 bits per heavy atom. The van der Waals surface area contributed by atoms with Crippen molar-refractivity contribution in [2.24, 2.45) is 10.7 Å². The first-order chi connectivity index (χ1) is 15.2. The van der Waals surface area contributed by atoms with Gasteiger partial charge in [0.1, 0.15) is 5.69 Å². The number of alkyl halides is 2. The molecule has 1 aromatic carbocycles. The van der Waals surface area contributed by atoms with E-state index in [1.807, 2.05) is 0 Å². The number of pyridine rings is 2. The second-order valence-electron chi connectivity index (χ2n) is 7.27. The lowest BCUT2D eigenvalue weighted by atomic mass is 9.81. The maximum absolute atomic E-state index is 14.8. The highest BCUT2D eigenvalue weighted by molar-refractivity contribution is 6.09. The number of amides is 1. The van der Waals surface area contributed by atoms with Gasteiger partial charge in [0.15, 0.2) is 23.1 Å². The molecule has 32 heavy (non-hydrogen) atoms. The molecule has 0 spiro atoms. The molecule has 1 unspecified atom stereocenters. The van der Waals surface area contributed by atoms with E-state index >= 15 is 0 Å². The predicted molar refractivity (Wildman–Crippen MR) is 109 cm³/mol. The second kappa shape index (κ2) is 7.70. The van der Waals surface area contributed by atoms with E-state index in [0.29, 0.717) is 11.3 Å². The molecule has 2 aromatic heterocycles. The first-order valence-electron chi connectivity index (χ1n) is 9.46. The van der Waals surface area contributed by atoms with Gasteiger partial charge in [-0.05, 0) is 48.4 Å². The summed E-state index contributed by atoms with van der Waals surface area (Å²) >= 11 is 0. The van der Waals surface area contributed by atoms with E-state index in [0.717, 1.165) is 23.2 Å². The molecule has 0 fully saturated rings. The van der Waals surface area contributed by atoms with Crippen LogP contribution < -0.4 is 5.73 Å². The summed E-state index contributed by atoms with van der Waals surface area (Å²) in [4.78, 5) is 26.3. The molecule has 1 atom stereocenters. The highest BCUT2D eigenvalue weighted by Gasteiger charge is 2.50. The number of rotatable bonds is 4. The Kier molecular flexibility index (Phi) is 5.15. The van der Waals surface area contributed by atoms with E-state index in [4.69, 9.17) is 5.73 Å². The predicted octanol–water partition coefficient (Wildman–Crippen LogP) is 3.70. The minimum Gasteiger partial charge on any atom is -0.369 e. The molecule has 10 heteroatoms. The molecule has 0 saturated heterocycles. The lowest BCUT2D eigenvalue weighted by Gasteiger charge is -2.27. The fourth-order valence-electron chi connectivity index (χ4n) is 3.74. The SMILES string of the molecule is Cc1ncccc1-c1cc(C2(c3ccnc(C(F)F)c3)N=C(N)N(C)C2=O)cc(F)c1F. The summed E-state index contributed by atoms with van der Waals surface area (Å²) < 4.78 is 56.3. The van der Waals surface area contributed by atoms with Crippen molar-refractivity contribution in [1.29, 1.82) is 0 Å². The highest BCUT2D eigenvalue weighted by atomic mass is 19.3. The number of halogens is 4. The Morgan fingerprint density at radius 3 is 2.41 bits per heavy atom. The van der Waals surface area contributed by atoms with Crippen LogP contribution in [-0.4, -0.2) is 33.8 Å². The molecule has 1 aliphatic heterocycles. The Hall–Kier alpha value is -3.82. The van der Waals surface area contributed by atoms with Crippen LogP contribution in [0.5, 0.6) is 0 Å². The van der Waals surface area contributed by atoms with Crippen LogP contribution in [0.3, 0.4) is 0 Å². The van der Waals surface area contributed by atoms with Crippen molar-refractivity contribution < 1.29 is 22.4 Å². The van der Waals surface area contributed by atoms with E-state index < -0.39 is 35.2 Å². The number of carbonyl (C=O) groups excluding carboxylic acids is 1. The van der Waals surface area contributed by atoms with Crippen molar-refractivity contribution in [3.8, 4) is 11.1 Å². The molecule has 164 valence electrons. The number of benzene rings is 1. The average Bonchev–Trinajstić information content (AvgIpc) is 3.01. The minimum atomic E-state index is -2.92. The Balaban J connectivity index is 2.04. The molecule has 1 amide bonds. The van der Waals surface area contributed by atoms with Crippen LogP contribution in [-0.2, 0) is 10.3 Å². The molecule has 0 saturated carbocycles. The summed E-state index contributed by atoms with van der Waals surface area (Å²) in [6.07, 6.45) is -0.315. The monoisotopic (exact) mass is 443 g/mol. The molecule has 3 aromatic rings. The fraction of sp³-hybridized carbons (Fsp3) is 0.182. The van der Waals surface area contributed by atoms with Crippen molar-refractivity contribution in [3.63, 3.8) is 0 Å². The standard InChI is InChI=1S/C22H17F4N5O/c1-11-14(4-3-6-28-11)15-8-13(9-16(23)18(15)24)22(20(32)31(2)21(27)30-22)12-5-7-29-17(10-12)19(25)26/h3-10,19H,1-2H3,(H2,27,30). The summed E-state index contributed by atoms with van der Waals surface area (Å²) in [5.74, 6) is -3.28. The van der Waals surface area contributed by atoms with Gasteiger partial charge in [-0.25, -0.2) is 22.6 Å². The number of nitrogens with zero attached hydrogens (tertiary/aromatic N) is 4. The number of guanidine groups is 1. The summed E-state index contributed by atoms with van der Waals surface area (Å²) in [5.41, 5.74) is 3.80. The average molecular weight is 443 g/mol. The maximum Gasteiger partial charge on any atom is 0.280 e. The quantitative estimate of drug-likeness (QED) is 0.624. The van der Waals surface area contributed by atoms with E-state index in [9.17, 15) is 22.4 Å². The molecule has 2 N–H and O–H groups in total. The molecule has 4 rings (SSSR count). The third kappa shape index (κ3) is 3.19. The van der Waals surface area contributed by atoms with Gasteiger partial charge in [0.25, 0.3) is 12.3 Å². The first kappa shape index (κ1) is 21.4. The topological polar surface area (TPSA) is 84.5 Å². The number of aliphatic imine (C=N–C) groups is 1. The lowest BCUT2D eigenvalue weighted by molar-refractivity contribution is -0.129. The van der Waals surface area contributed by atoms with Gasteiger partial charge in [-0.3, -0.25) is 19.7 Å². The van der Waals surface area contributed by atoms with Crippen LogP contribution in [0, 0.1) is 18.6 Å². The van der Waals surface area contributed by atoms with E-state index in [2.05, 4.69) is 15.0 Å². The van der Waals surface area contributed by atoms with Gasteiger partial charge in [0.05, 0.1) is 0 Å². The van der Waals surface area contributed by atoms with E-state index in [1.165, 1.54) is 25.4 Å². The maximum atomic E-state index is 14.8. The van der Waals surface area contributed by atoms with Crippen LogP contribution in [0.4, 0.5) is 17.6 Å². The smallest absolute Gasteiger partial charge is 0.280 e. The number of carbonyl (C=O) groups is 1. The normalized spacial score (nSPS) is 18.4. The Morgan fingerprint density at radius 1 is 1.03 bits per heavy atom. The second-order valence-corrected chi connectivity index (χ2v) is 7.27. The van der Waals surface area contributed by atoms with Gasteiger partial charge in [0, 0.05) is 36.3 Å². The molecular weight excluding hydrogens is 426 g/mol. The van der Waals surface area contributed by atoms with Crippen molar-refractivity contribution in [3.05, 3.63) is 82.9 Å². The van der Waals surface area contributed by atoms with Crippen LogP contribution in [0.25, 0.3) is 11.1 Å². The summed E-state index contributed by atoms with van der Waals surface area (Å²) in [6, 6.07) is 7.52. The molecule has 1 aliphatic rings. The van der Waals surface area contributed by atoms with Crippen molar-refractivity contribution >= 4 is 11.9 Å². The molecule has 3 heterocycles. The number of hydrogen-bond acceptors (Lipinski definition) is 5. The zero-order valence-electron chi connectivity index (χ0n) is 17.0. The number of aromatic nitrogens is 2. The van der Waals surface area contributed by atoms with Gasteiger partial charge in [0.2, 0.25) is 0 Å². The Labute approximate surface area is 180 Å². The molecule has 0 radical (unpaired) electrons. The third-order valence-electron chi connectivity index (χ3n) is 5.41. The molecule has 0 bridgehead atoms. The zero-order valence-corrected chi connectivity index (χ0v) is 17.0. The highest BCUT2D eigenvalue weighted by Crippen LogP contribution is 2.42. The number of aryl methyl sites for hydroxylation is 1. The summed E-state index contributed by atoms with van der Waals surface area (Å²) in [6.45, 7) is 1.62. The van der Waals surface area contributed by atoms with Gasteiger partial charge in [-0.2, -0.15) is 0 Å². The van der Waals surface area contributed by atoms with Crippen molar-refractivity contribution in [1.82, 2.24) is 14.9 Å². The first-order valence-corrected chi connectivity index (χ1v) is 9.46. The zero-order chi connectivity index (χ0) is 23.2. The van der Waals surface area contributed by atoms with Gasteiger partial charge in [-0.15, -0.1) is 0 Å². The van der Waals surface area contributed by atoms with Crippen LogP contribution in [0.15, 0.2) is 53.8 Å². The number of likely N-dealkylation sites (N-methyl/N-ethyl adjacent to an activating group) is 1. The van der Waals surface area contributed by atoms with Crippen LogP contribution >= 0.6 is 0 Å². The third-order valence-corrected chi connectivity index (χ3v) is 5.41. The van der Waals surface area contributed by atoms with Gasteiger partial charge >= 0.3 is 0 Å². The van der Waals surface area contributed by atoms with Crippen LogP contribution in [0.1, 0.15) is 28.9 Å². The summed E-state index contributed by atoms with van der Waals surface area (Å²) in [5, 5.41) is 0. The lowest BCUT2D eigenvalue weighted by Crippen LogP contribution is -2.41. The van der Waals surface area contributed by atoms with E-state index in [1.54, 1.807) is 19.1 Å². The largest absolute Gasteiger partial charge is 0.369 e. The summed E-state index contributed by atoms with van der Waals surface area (Å²) in [7, 11) is 1.35. The molecule has 6 nitrogen and oxygen atoms in total. The van der Waals surface area contributed by atoms with E-state index in [-0.39, 0.29) is 22.6 Å². The van der Waals surface area contributed by atoms with Gasteiger partial charge < -0.3 is 5.73 Å². The molecular formula is C22H17F4N5O. The van der Waals surface area contributed by atoms with Crippen LogP contribution in [0.2, 0.25) is 0 Å².